The first-order valence-electron chi connectivity index (χ1n) is 15.5. The molecule has 0 atom stereocenters. The van der Waals surface area contributed by atoms with Crippen LogP contribution in [0.1, 0.15) is 15.9 Å². The lowest BCUT2D eigenvalue weighted by Crippen LogP contribution is -2.30. The molecule has 0 spiro atoms. The van der Waals surface area contributed by atoms with E-state index in [2.05, 4.69) is 20.9 Å². The first-order valence-corrected chi connectivity index (χ1v) is 16.5. The van der Waals surface area contributed by atoms with Crippen molar-refractivity contribution in [3.05, 3.63) is 138 Å². The van der Waals surface area contributed by atoms with Crippen molar-refractivity contribution in [1.82, 2.24) is 10.3 Å². The molecule has 0 radical (unpaired) electrons. The Balaban J connectivity index is 1.11. The first kappa shape index (κ1) is 33.6. The number of methoxy groups -OCH3 is 2. The third-order valence-electron chi connectivity index (χ3n) is 7.44. The van der Waals surface area contributed by atoms with E-state index in [0.29, 0.717) is 45.5 Å². The number of carbonyl (C=O) groups is 3. The Morgan fingerprint density at radius 1 is 0.780 bits per heavy atom. The molecule has 0 fully saturated rings. The SMILES string of the molecule is COc1ccc(OC)c(/C=C(/NC(=O)c2ccccc2)C(=O)Nc2cccc(SCC(=O)Nc3ccc(-c4nc5ccccc5o4)cc3)c2)c1. The van der Waals surface area contributed by atoms with E-state index in [1.165, 1.54) is 32.1 Å². The summed E-state index contributed by atoms with van der Waals surface area (Å²) in [6.45, 7) is 0. The third-order valence-corrected chi connectivity index (χ3v) is 8.43. The van der Waals surface area contributed by atoms with E-state index in [-0.39, 0.29) is 17.4 Å². The molecule has 250 valence electrons. The van der Waals surface area contributed by atoms with Crippen LogP contribution in [0.15, 0.2) is 136 Å². The molecule has 0 bridgehead atoms. The Morgan fingerprint density at radius 3 is 2.32 bits per heavy atom. The number of fused-ring (bicyclic) bond motifs is 1. The minimum atomic E-state index is -0.555. The number of thioether (sulfide) groups is 1. The highest BCUT2D eigenvalue weighted by molar-refractivity contribution is 8.00. The zero-order valence-electron chi connectivity index (χ0n) is 27.1. The van der Waals surface area contributed by atoms with Gasteiger partial charge in [-0.2, -0.15) is 0 Å². The number of aromatic nitrogens is 1. The number of nitrogens with zero attached hydrogens (tertiary/aromatic N) is 1. The maximum absolute atomic E-state index is 13.6. The molecule has 50 heavy (non-hydrogen) atoms. The van der Waals surface area contributed by atoms with E-state index >= 15 is 0 Å². The molecular formula is C39H32N4O6S. The maximum atomic E-state index is 13.6. The van der Waals surface area contributed by atoms with Gasteiger partial charge in [0.05, 0.1) is 20.0 Å². The van der Waals surface area contributed by atoms with Crippen LogP contribution in [0, 0.1) is 0 Å². The van der Waals surface area contributed by atoms with Gasteiger partial charge in [0.1, 0.15) is 22.7 Å². The minimum absolute atomic E-state index is 0.00929. The van der Waals surface area contributed by atoms with Crippen LogP contribution in [0.2, 0.25) is 0 Å². The quantitative estimate of drug-likeness (QED) is 0.0885. The highest BCUT2D eigenvalue weighted by atomic mass is 32.2. The van der Waals surface area contributed by atoms with Crippen molar-refractivity contribution in [2.45, 2.75) is 4.90 Å². The van der Waals surface area contributed by atoms with E-state index in [4.69, 9.17) is 13.9 Å². The summed E-state index contributed by atoms with van der Waals surface area (Å²) < 4.78 is 16.7. The van der Waals surface area contributed by atoms with Crippen LogP contribution in [0.5, 0.6) is 11.5 Å². The van der Waals surface area contributed by atoms with E-state index in [0.717, 1.165) is 16.0 Å². The highest BCUT2D eigenvalue weighted by Crippen LogP contribution is 2.28. The topological polar surface area (TPSA) is 132 Å². The number of hydrogen-bond acceptors (Lipinski definition) is 8. The Morgan fingerprint density at radius 2 is 1.56 bits per heavy atom. The van der Waals surface area contributed by atoms with E-state index < -0.39 is 11.8 Å². The number of amides is 3. The van der Waals surface area contributed by atoms with Crippen molar-refractivity contribution in [2.24, 2.45) is 0 Å². The standard InChI is InChI=1S/C39H32N4O6S/c1-47-30-19-20-34(48-2)27(21-30)22-33(42-37(45)25-9-4-3-5-10-25)38(46)41-29-11-8-12-31(23-29)50-24-36(44)40-28-17-15-26(16-18-28)39-43-32-13-6-7-14-35(32)49-39/h3-23H,24H2,1-2H3,(H,40,44)(H,41,46)(H,42,45)/b33-22+. The van der Waals surface area contributed by atoms with Crippen molar-refractivity contribution in [1.29, 1.82) is 0 Å². The van der Waals surface area contributed by atoms with Gasteiger partial charge in [-0.15, -0.1) is 11.8 Å². The molecule has 0 saturated heterocycles. The Bertz CT molecular complexity index is 2150. The Kier molecular flexibility index (Phi) is 10.5. The van der Waals surface area contributed by atoms with Gasteiger partial charge in [0.25, 0.3) is 11.8 Å². The average molecular weight is 685 g/mol. The summed E-state index contributed by atoms with van der Waals surface area (Å²) in [4.78, 5) is 44.8. The predicted molar refractivity (Wildman–Crippen MR) is 195 cm³/mol. The number of hydrogen-bond donors (Lipinski definition) is 3. The number of carbonyl (C=O) groups excluding carboxylic acids is 3. The lowest BCUT2D eigenvalue weighted by atomic mass is 10.1. The van der Waals surface area contributed by atoms with Crippen molar-refractivity contribution in [3.63, 3.8) is 0 Å². The second-order valence-electron chi connectivity index (χ2n) is 10.9. The van der Waals surface area contributed by atoms with Crippen LogP contribution in [-0.2, 0) is 9.59 Å². The van der Waals surface area contributed by atoms with Crippen molar-refractivity contribution >= 4 is 58.0 Å². The molecule has 10 nitrogen and oxygen atoms in total. The molecular weight excluding hydrogens is 653 g/mol. The molecule has 3 N–H and O–H groups in total. The zero-order valence-corrected chi connectivity index (χ0v) is 28.0. The summed E-state index contributed by atoms with van der Waals surface area (Å²) in [5.74, 6) is 0.481. The second kappa shape index (κ2) is 15.7. The molecule has 0 aliphatic rings. The van der Waals surface area contributed by atoms with Crippen LogP contribution in [0.3, 0.4) is 0 Å². The molecule has 6 aromatic rings. The highest BCUT2D eigenvalue weighted by Gasteiger charge is 2.17. The van der Waals surface area contributed by atoms with Crippen molar-refractivity contribution in [2.75, 3.05) is 30.6 Å². The van der Waals surface area contributed by atoms with Gasteiger partial charge in [0, 0.05) is 33.0 Å². The number of para-hydroxylation sites is 2. The lowest BCUT2D eigenvalue weighted by Gasteiger charge is -2.13. The Labute approximate surface area is 292 Å². The molecule has 0 aliphatic heterocycles. The van der Waals surface area contributed by atoms with Gasteiger partial charge in [0.15, 0.2) is 5.58 Å². The Hall–Kier alpha value is -6.33. The van der Waals surface area contributed by atoms with Crippen molar-refractivity contribution in [3.8, 4) is 23.0 Å². The van der Waals surface area contributed by atoms with E-state index in [1.54, 1.807) is 78.9 Å². The molecule has 5 aromatic carbocycles. The predicted octanol–water partition coefficient (Wildman–Crippen LogP) is 7.65. The van der Waals surface area contributed by atoms with Gasteiger partial charge >= 0.3 is 0 Å². The smallest absolute Gasteiger partial charge is 0.272 e. The largest absolute Gasteiger partial charge is 0.497 e. The summed E-state index contributed by atoms with van der Waals surface area (Å²) in [6.07, 6.45) is 1.53. The zero-order chi connectivity index (χ0) is 34.9. The third kappa shape index (κ3) is 8.38. The fourth-order valence-electron chi connectivity index (χ4n) is 4.95. The van der Waals surface area contributed by atoms with Gasteiger partial charge in [-0.1, -0.05) is 36.4 Å². The molecule has 3 amide bonds. The molecule has 1 aromatic heterocycles. The number of rotatable bonds is 12. The van der Waals surface area contributed by atoms with Crippen LogP contribution in [0.4, 0.5) is 11.4 Å². The van der Waals surface area contributed by atoms with Crippen molar-refractivity contribution < 1.29 is 28.3 Å². The number of ether oxygens (including phenoxy) is 2. The normalized spacial score (nSPS) is 11.1. The van der Waals surface area contributed by atoms with Crippen LogP contribution in [0.25, 0.3) is 28.6 Å². The summed E-state index contributed by atoms with van der Waals surface area (Å²) >= 11 is 1.32. The fraction of sp³-hybridized carbons (Fsp3) is 0.0769. The van der Waals surface area contributed by atoms with Gasteiger partial charge in [-0.3, -0.25) is 14.4 Å². The number of anilines is 2. The minimum Gasteiger partial charge on any atom is -0.497 e. The van der Waals surface area contributed by atoms with Crippen LogP contribution < -0.4 is 25.4 Å². The summed E-state index contributed by atoms with van der Waals surface area (Å²) in [7, 11) is 3.05. The summed E-state index contributed by atoms with van der Waals surface area (Å²) in [6, 6.07) is 35.7. The van der Waals surface area contributed by atoms with Gasteiger partial charge < -0.3 is 29.8 Å². The second-order valence-corrected chi connectivity index (χ2v) is 11.9. The van der Waals surface area contributed by atoms with Crippen LogP contribution >= 0.6 is 11.8 Å². The number of benzene rings is 5. The molecule has 11 heteroatoms. The van der Waals surface area contributed by atoms with Crippen LogP contribution in [-0.4, -0.2) is 42.7 Å². The maximum Gasteiger partial charge on any atom is 0.272 e. The van der Waals surface area contributed by atoms with Gasteiger partial charge in [-0.25, -0.2) is 4.98 Å². The molecule has 0 aliphatic carbocycles. The molecule has 1 heterocycles. The van der Waals surface area contributed by atoms with E-state index in [9.17, 15) is 14.4 Å². The molecule has 6 rings (SSSR count). The first-order chi connectivity index (χ1) is 24.4. The summed E-state index contributed by atoms with van der Waals surface area (Å²) in [5, 5.41) is 8.50. The average Bonchev–Trinajstić information content (AvgIpc) is 3.59. The van der Waals surface area contributed by atoms with E-state index in [1.807, 2.05) is 42.5 Å². The fourth-order valence-corrected chi connectivity index (χ4v) is 5.70. The summed E-state index contributed by atoms with van der Waals surface area (Å²) in [5.41, 5.74) is 4.31. The number of oxazole rings is 1. The van der Waals surface area contributed by atoms with Gasteiger partial charge in [-0.05, 0) is 91.0 Å². The molecule has 0 saturated carbocycles. The molecule has 0 unspecified atom stereocenters. The van der Waals surface area contributed by atoms with Gasteiger partial charge in [0.2, 0.25) is 11.8 Å². The number of nitrogens with one attached hydrogen (secondary N) is 3. The monoisotopic (exact) mass is 684 g/mol. The lowest BCUT2D eigenvalue weighted by molar-refractivity contribution is -0.114.